The molecule has 0 atom stereocenters. The summed E-state index contributed by atoms with van der Waals surface area (Å²) in [5.74, 6) is -0.459. The fourth-order valence-corrected chi connectivity index (χ4v) is 1.95. The number of amides is 2. The Labute approximate surface area is 129 Å². The van der Waals surface area contributed by atoms with E-state index in [4.69, 9.17) is 0 Å². The van der Waals surface area contributed by atoms with Crippen LogP contribution in [0.4, 0.5) is 10.5 Å². The van der Waals surface area contributed by atoms with Crippen molar-refractivity contribution < 1.29 is 14.3 Å². The van der Waals surface area contributed by atoms with Gasteiger partial charge in [-0.2, -0.15) is 0 Å². The lowest BCUT2D eigenvalue weighted by Crippen LogP contribution is -2.38. The van der Waals surface area contributed by atoms with Crippen LogP contribution in [0.3, 0.4) is 0 Å². The molecule has 0 saturated heterocycles. The van der Waals surface area contributed by atoms with Crippen LogP contribution in [-0.2, 0) is 16.1 Å². The van der Waals surface area contributed by atoms with E-state index >= 15 is 0 Å². The predicted octanol–water partition coefficient (Wildman–Crippen LogP) is 2.89. The molecule has 0 aliphatic carbocycles. The van der Waals surface area contributed by atoms with Crippen LogP contribution in [0.1, 0.15) is 5.56 Å². The Bertz CT molecular complexity index is 614. The number of urea groups is 1. The van der Waals surface area contributed by atoms with Crippen LogP contribution < -0.4 is 5.32 Å². The molecule has 2 aromatic carbocycles. The molecule has 0 aliphatic rings. The quantitative estimate of drug-likeness (QED) is 0.863. The van der Waals surface area contributed by atoms with E-state index in [1.807, 2.05) is 48.5 Å². The van der Waals surface area contributed by atoms with Crippen LogP contribution in [0.2, 0.25) is 0 Å². The van der Waals surface area contributed by atoms with Gasteiger partial charge in [-0.05, 0) is 17.7 Å². The fourth-order valence-electron chi connectivity index (χ4n) is 1.95. The highest BCUT2D eigenvalue weighted by Gasteiger charge is 2.18. The van der Waals surface area contributed by atoms with E-state index in [9.17, 15) is 9.59 Å². The molecule has 2 amide bonds. The monoisotopic (exact) mass is 298 g/mol. The van der Waals surface area contributed by atoms with Crippen molar-refractivity contribution in [3.8, 4) is 0 Å². The molecular weight excluding hydrogens is 280 g/mol. The summed E-state index contributed by atoms with van der Waals surface area (Å²) in [5, 5.41) is 2.77. The number of benzene rings is 2. The van der Waals surface area contributed by atoms with Crippen LogP contribution in [0, 0.1) is 0 Å². The van der Waals surface area contributed by atoms with E-state index in [1.54, 1.807) is 12.1 Å². The maximum atomic E-state index is 12.4. The zero-order chi connectivity index (χ0) is 15.8. The van der Waals surface area contributed by atoms with Gasteiger partial charge in [0, 0.05) is 12.2 Å². The first-order valence-corrected chi connectivity index (χ1v) is 6.91. The molecule has 0 bridgehead atoms. The maximum Gasteiger partial charge on any atom is 0.325 e. The second-order valence-electron chi connectivity index (χ2n) is 4.71. The van der Waals surface area contributed by atoms with Crippen LogP contribution in [0.25, 0.3) is 0 Å². The molecule has 0 saturated carbocycles. The van der Waals surface area contributed by atoms with Crippen LogP contribution >= 0.6 is 0 Å². The number of hydrogen-bond acceptors (Lipinski definition) is 3. The van der Waals surface area contributed by atoms with E-state index in [0.29, 0.717) is 12.2 Å². The van der Waals surface area contributed by atoms with Crippen molar-refractivity contribution in [1.29, 1.82) is 0 Å². The number of carbonyl (C=O) groups excluding carboxylic acids is 2. The maximum absolute atomic E-state index is 12.4. The molecule has 0 aliphatic heterocycles. The van der Waals surface area contributed by atoms with Gasteiger partial charge < -0.3 is 15.0 Å². The molecule has 0 fully saturated rings. The molecular formula is C17H18N2O3. The minimum Gasteiger partial charge on any atom is -0.468 e. The zero-order valence-corrected chi connectivity index (χ0v) is 12.4. The average Bonchev–Trinajstić information content (AvgIpc) is 2.56. The van der Waals surface area contributed by atoms with Gasteiger partial charge >= 0.3 is 12.0 Å². The largest absolute Gasteiger partial charge is 0.468 e. The number of hydrogen-bond donors (Lipinski definition) is 1. The Balaban J connectivity index is 2.09. The lowest BCUT2D eigenvalue weighted by molar-refractivity contribution is -0.141. The molecule has 2 rings (SSSR count). The minimum atomic E-state index is -0.459. The summed E-state index contributed by atoms with van der Waals surface area (Å²) in [7, 11) is 1.30. The summed E-state index contributed by atoms with van der Waals surface area (Å²) >= 11 is 0. The second kappa shape index (κ2) is 7.83. The fraction of sp³-hybridized carbons (Fsp3) is 0.176. The molecule has 5 nitrogen and oxygen atoms in total. The highest BCUT2D eigenvalue weighted by molar-refractivity contribution is 5.91. The third-order valence-corrected chi connectivity index (χ3v) is 3.08. The molecule has 0 radical (unpaired) electrons. The highest BCUT2D eigenvalue weighted by Crippen LogP contribution is 2.10. The van der Waals surface area contributed by atoms with Crippen molar-refractivity contribution in [3.05, 3.63) is 66.2 Å². The standard InChI is InChI=1S/C17H18N2O3/c1-22-16(20)13-19(12-14-8-4-2-5-9-14)17(21)18-15-10-6-3-7-11-15/h2-11H,12-13H2,1H3,(H,18,21). The molecule has 114 valence electrons. The van der Waals surface area contributed by atoms with Gasteiger partial charge in [-0.3, -0.25) is 4.79 Å². The Kier molecular flexibility index (Phi) is 5.54. The topological polar surface area (TPSA) is 58.6 Å². The minimum absolute atomic E-state index is 0.107. The van der Waals surface area contributed by atoms with Crippen molar-refractivity contribution in [2.45, 2.75) is 6.54 Å². The first-order valence-electron chi connectivity index (χ1n) is 6.91. The van der Waals surface area contributed by atoms with Gasteiger partial charge in [0.05, 0.1) is 7.11 Å². The summed E-state index contributed by atoms with van der Waals surface area (Å²) in [4.78, 5) is 25.3. The summed E-state index contributed by atoms with van der Waals surface area (Å²) in [5.41, 5.74) is 1.62. The number of nitrogens with one attached hydrogen (secondary N) is 1. The summed E-state index contributed by atoms with van der Waals surface area (Å²) in [6.45, 7) is 0.221. The summed E-state index contributed by atoms with van der Waals surface area (Å²) in [6, 6.07) is 18.2. The smallest absolute Gasteiger partial charge is 0.325 e. The zero-order valence-electron chi connectivity index (χ0n) is 12.4. The number of anilines is 1. The Hall–Kier alpha value is -2.82. The second-order valence-corrected chi connectivity index (χ2v) is 4.71. The van der Waals surface area contributed by atoms with E-state index in [2.05, 4.69) is 10.1 Å². The number of methoxy groups -OCH3 is 1. The van der Waals surface area contributed by atoms with Crippen molar-refractivity contribution in [2.75, 3.05) is 19.0 Å². The molecule has 22 heavy (non-hydrogen) atoms. The lowest BCUT2D eigenvalue weighted by Gasteiger charge is -2.22. The first kappa shape index (κ1) is 15.6. The lowest BCUT2D eigenvalue weighted by atomic mass is 10.2. The first-order chi connectivity index (χ1) is 10.7. The molecule has 0 unspecified atom stereocenters. The van der Waals surface area contributed by atoms with E-state index in [0.717, 1.165) is 5.56 Å². The normalized spacial score (nSPS) is 9.86. The number of rotatable bonds is 5. The van der Waals surface area contributed by atoms with Gasteiger partial charge in [0.15, 0.2) is 0 Å². The van der Waals surface area contributed by atoms with E-state index in [-0.39, 0.29) is 12.6 Å². The molecule has 0 spiro atoms. The number of esters is 1. The van der Waals surface area contributed by atoms with Crippen molar-refractivity contribution >= 4 is 17.7 Å². The Morgan fingerprint density at radius 3 is 2.18 bits per heavy atom. The van der Waals surface area contributed by atoms with Gasteiger partial charge in [-0.1, -0.05) is 48.5 Å². The molecule has 0 heterocycles. The molecule has 2 aromatic rings. The van der Waals surface area contributed by atoms with Crippen molar-refractivity contribution in [3.63, 3.8) is 0 Å². The number of nitrogens with zero attached hydrogens (tertiary/aromatic N) is 1. The third-order valence-electron chi connectivity index (χ3n) is 3.08. The SMILES string of the molecule is COC(=O)CN(Cc1ccccc1)C(=O)Nc1ccccc1. The summed E-state index contributed by atoms with van der Waals surface area (Å²) < 4.78 is 4.66. The van der Waals surface area contributed by atoms with E-state index in [1.165, 1.54) is 12.0 Å². The van der Waals surface area contributed by atoms with Crippen LogP contribution in [0.15, 0.2) is 60.7 Å². The van der Waals surface area contributed by atoms with Gasteiger partial charge in [0.25, 0.3) is 0 Å². The van der Waals surface area contributed by atoms with Crippen molar-refractivity contribution in [2.24, 2.45) is 0 Å². The van der Waals surface area contributed by atoms with Crippen LogP contribution in [-0.4, -0.2) is 30.6 Å². The molecule has 1 N–H and O–H groups in total. The molecule has 5 heteroatoms. The Morgan fingerprint density at radius 1 is 1.00 bits per heavy atom. The number of para-hydroxylation sites is 1. The predicted molar refractivity (Wildman–Crippen MR) is 84.3 cm³/mol. The van der Waals surface area contributed by atoms with Gasteiger partial charge in [0.1, 0.15) is 6.54 Å². The average molecular weight is 298 g/mol. The molecule has 0 aromatic heterocycles. The summed E-state index contributed by atoms with van der Waals surface area (Å²) in [6.07, 6.45) is 0. The highest BCUT2D eigenvalue weighted by atomic mass is 16.5. The van der Waals surface area contributed by atoms with Gasteiger partial charge in [-0.15, -0.1) is 0 Å². The van der Waals surface area contributed by atoms with Gasteiger partial charge in [-0.25, -0.2) is 4.79 Å². The Morgan fingerprint density at radius 2 is 1.59 bits per heavy atom. The van der Waals surface area contributed by atoms with Crippen LogP contribution in [0.5, 0.6) is 0 Å². The third kappa shape index (κ3) is 4.63. The van der Waals surface area contributed by atoms with Crippen molar-refractivity contribution in [1.82, 2.24) is 4.90 Å². The number of carbonyl (C=O) groups is 2. The van der Waals surface area contributed by atoms with Gasteiger partial charge in [0.2, 0.25) is 0 Å². The van der Waals surface area contributed by atoms with E-state index < -0.39 is 5.97 Å². The number of ether oxygens (including phenoxy) is 1.